The number of phosphoric acid groups is 3. The molecule has 6 atom stereocenters. The Morgan fingerprint density at radius 1 is 1.08 bits per heavy atom. The molecule has 0 aliphatic carbocycles. The first kappa shape index (κ1) is 29.0. The Labute approximate surface area is 202 Å². The van der Waals surface area contributed by atoms with Crippen LogP contribution in [0.25, 0.3) is 11.2 Å². The summed E-state index contributed by atoms with van der Waals surface area (Å²) in [5.74, 6) is -0.0255. The number of aromatic nitrogens is 4. The number of unbranched alkanes of at least 4 members (excludes halogenated alkanes) is 1. The van der Waals surface area contributed by atoms with Crippen LogP contribution >= 0.6 is 23.5 Å². The second-order valence-electron chi connectivity index (χ2n) is 7.35. The molecule has 36 heavy (non-hydrogen) atoms. The van der Waals surface area contributed by atoms with Crippen molar-refractivity contribution in [3.8, 4) is 6.01 Å². The number of phosphoric ester groups is 1. The van der Waals surface area contributed by atoms with Crippen molar-refractivity contribution in [2.24, 2.45) is 0 Å². The number of fused-ring (bicyclic) bond motifs is 1. The molecular formula is C14H24N5O14P3. The number of hydrogen-bond donors (Lipinski definition) is 7. The van der Waals surface area contributed by atoms with E-state index in [4.69, 9.17) is 25.0 Å². The molecule has 0 radical (unpaired) electrons. The number of nitrogens with zero attached hydrogens (tertiary/aromatic N) is 4. The van der Waals surface area contributed by atoms with Crippen molar-refractivity contribution in [1.82, 2.24) is 19.5 Å². The molecule has 0 bridgehead atoms. The summed E-state index contributed by atoms with van der Waals surface area (Å²) in [4.78, 5) is 48.1. The molecule has 1 fully saturated rings. The van der Waals surface area contributed by atoms with Crippen molar-refractivity contribution in [3.63, 3.8) is 0 Å². The first-order chi connectivity index (χ1) is 16.6. The Bertz CT molecular complexity index is 1220. The highest BCUT2D eigenvalue weighted by Gasteiger charge is 2.47. The number of hydrogen-bond acceptors (Lipinski definition) is 14. The van der Waals surface area contributed by atoms with Crippen LogP contribution in [0.4, 0.5) is 5.82 Å². The summed E-state index contributed by atoms with van der Waals surface area (Å²) in [6.45, 7) is 1.30. The normalized spacial score (nSPS) is 26.1. The maximum Gasteiger partial charge on any atom is 0.490 e. The van der Waals surface area contributed by atoms with E-state index in [0.29, 0.717) is 6.61 Å². The van der Waals surface area contributed by atoms with E-state index in [1.54, 1.807) is 0 Å². The van der Waals surface area contributed by atoms with Crippen LogP contribution in [0, 0.1) is 0 Å². The second-order valence-corrected chi connectivity index (χ2v) is 11.8. The smallest absolute Gasteiger partial charge is 0.463 e. The molecular weight excluding hydrogens is 555 g/mol. The van der Waals surface area contributed by atoms with Crippen molar-refractivity contribution in [2.75, 3.05) is 18.9 Å². The van der Waals surface area contributed by atoms with Crippen molar-refractivity contribution in [1.29, 1.82) is 0 Å². The number of ether oxygens (including phenoxy) is 2. The van der Waals surface area contributed by atoms with E-state index in [2.05, 4.69) is 28.1 Å². The van der Waals surface area contributed by atoms with Crippen LogP contribution < -0.4 is 10.5 Å². The van der Waals surface area contributed by atoms with Crippen LogP contribution in [0.5, 0.6) is 6.01 Å². The van der Waals surface area contributed by atoms with Crippen LogP contribution in [-0.2, 0) is 31.6 Å². The molecule has 1 aliphatic rings. The third-order valence-electron chi connectivity index (χ3n) is 4.59. The van der Waals surface area contributed by atoms with Gasteiger partial charge in [-0.25, -0.2) is 18.7 Å². The zero-order chi connectivity index (χ0) is 26.9. The molecule has 3 heterocycles. The van der Waals surface area contributed by atoms with E-state index in [1.807, 2.05) is 6.92 Å². The van der Waals surface area contributed by atoms with Crippen LogP contribution in [0.15, 0.2) is 6.33 Å². The van der Waals surface area contributed by atoms with Gasteiger partial charge in [0.05, 0.1) is 19.5 Å². The number of nitrogen functional groups attached to an aromatic ring is 1. The zero-order valence-electron chi connectivity index (χ0n) is 18.4. The highest BCUT2D eigenvalue weighted by atomic mass is 31.3. The molecule has 19 nitrogen and oxygen atoms in total. The first-order valence-electron chi connectivity index (χ1n) is 10.1. The molecule has 8 N–H and O–H groups in total. The van der Waals surface area contributed by atoms with Gasteiger partial charge in [0.1, 0.15) is 18.3 Å². The van der Waals surface area contributed by atoms with Crippen LogP contribution in [0.1, 0.15) is 26.0 Å². The number of nitrogens with two attached hydrogens (primary N) is 1. The minimum absolute atomic E-state index is 0.0255. The van der Waals surface area contributed by atoms with Gasteiger partial charge in [0.15, 0.2) is 23.2 Å². The summed E-state index contributed by atoms with van der Waals surface area (Å²) in [6.07, 6.45) is -3.41. The first-order valence-corrected chi connectivity index (χ1v) is 14.6. The van der Waals surface area contributed by atoms with E-state index in [0.717, 1.165) is 12.8 Å². The lowest BCUT2D eigenvalue weighted by Crippen LogP contribution is -2.33. The Balaban J connectivity index is 1.73. The van der Waals surface area contributed by atoms with Gasteiger partial charge in [-0.15, -0.1) is 0 Å². The molecule has 2 aromatic heterocycles. The van der Waals surface area contributed by atoms with Gasteiger partial charge in [-0.1, -0.05) is 13.3 Å². The molecule has 1 saturated heterocycles. The predicted octanol–water partition coefficient (Wildman–Crippen LogP) is -0.450. The molecule has 22 heteroatoms. The Hall–Kier alpha value is -1.56. The van der Waals surface area contributed by atoms with E-state index in [-0.39, 0.29) is 23.0 Å². The Kier molecular flexibility index (Phi) is 8.90. The molecule has 3 rings (SSSR count). The standard InChI is InChI=1S/C14H24N5O14P3/c1-2-3-4-29-14-17-11(15)8-12(18-14)19(6-16-8)13-10(21)9(20)7(31-13)5-30-35(25,26)33-36(27,28)32-34(22,23)24/h6-7,9-10,13,20-21H,2-5H2,1H3,(H,25,26)(H,27,28)(H2,15,17,18)(H2,22,23,24)/t7-,9-,10-,13-/m1/s1. The summed E-state index contributed by atoms with van der Waals surface area (Å²) >= 11 is 0. The lowest BCUT2D eigenvalue weighted by atomic mass is 10.1. The van der Waals surface area contributed by atoms with Gasteiger partial charge in [-0.05, 0) is 6.42 Å². The van der Waals surface area contributed by atoms with E-state index >= 15 is 0 Å². The van der Waals surface area contributed by atoms with E-state index in [1.165, 1.54) is 10.9 Å². The number of aliphatic hydroxyl groups excluding tert-OH is 2. The van der Waals surface area contributed by atoms with E-state index in [9.17, 15) is 33.7 Å². The average Bonchev–Trinajstić information content (AvgIpc) is 3.26. The maximum absolute atomic E-state index is 11.9. The topological polar surface area (TPSA) is 288 Å². The number of rotatable bonds is 12. The predicted molar refractivity (Wildman–Crippen MR) is 116 cm³/mol. The summed E-state index contributed by atoms with van der Waals surface area (Å²) in [5, 5.41) is 20.8. The van der Waals surface area contributed by atoms with Crippen LogP contribution in [0.2, 0.25) is 0 Å². The molecule has 0 aromatic carbocycles. The largest absolute Gasteiger partial charge is 0.490 e. The highest BCUT2D eigenvalue weighted by molar-refractivity contribution is 7.66. The van der Waals surface area contributed by atoms with Gasteiger partial charge >= 0.3 is 29.5 Å². The quantitative estimate of drug-likeness (QED) is 0.124. The average molecular weight is 579 g/mol. The van der Waals surface area contributed by atoms with E-state index < -0.39 is 54.6 Å². The van der Waals surface area contributed by atoms with Crippen molar-refractivity contribution >= 4 is 40.4 Å². The van der Waals surface area contributed by atoms with Gasteiger partial charge in [0.2, 0.25) is 0 Å². The van der Waals surface area contributed by atoms with Gasteiger partial charge in [0, 0.05) is 0 Å². The summed E-state index contributed by atoms with van der Waals surface area (Å²) in [5.41, 5.74) is 6.11. The fourth-order valence-corrected chi connectivity index (χ4v) is 6.07. The van der Waals surface area contributed by atoms with Crippen molar-refractivity contribution in [2.45, 2.75) is 44.3 Å². The van der Waals surface area contributed by atoms with Gasteiger partial charge in [-0.2, -0.15) is 18.6 Å². The fraction of sp³-hybridized carbons (Fsp3) is 0.643. The Morgan fingerprint density at radius 3 is 2.42 bits per heavy atom. The monoisotopic (exact) mass is 579 g/mol. The maximum atomic E-state index is 11.9. The lowest BCUT2D eigenvalue weighted by molar-refractivity contribution is -0.0503. The molecule has 0 amide bonds. The molecule has 2 aromatic rings. The summed E-state index contributed by atoms with van der Waals surface area (Å²) < 4.78 is 57.9. The molecule has 0 spiro atoms. The molecule has 2 unspecified atom stereocenters. The minimum Gasteiger partial charge on any atom is -0.463 e. The second kappa shape index (κ2) is 11.0. The Morgan fingerprint density at radius 2 is 1.78 bits per heavy atom. The minimum atomic E-state index is -5.73. The van der Waals surface area contributed by atoms with Gasteiger partial charge in [0.25, 0.3) is 0 Å². The van der Waals surface area contributed by atoms with Crippen LogP contribution in [-0.4, -0.2) is 80.8 Å². The molecule has 204 valence electrons. The van der Waals surface area contributed by atoms with Crippen LogP contribution in [0.3, 0.4) is 0 Å². The SMILES string of the molecule is CCCCOc1nc(N)c2ncn([C@@H]3O[C@H](COP(=O)(O)OP(=O)(O)OP(=O)(O)O)[C@@H](O)[C@H]3O)c2n1. The summed E-state index contributed by atoms with van der Waals surface area (Å²) in [7, 11) is -16.8. The number of aliphatic hydroxyl groups is 2. The zero-order valence-corrected chi connectivity index (χ0v) is 21.1. The number of imidazole rings is 1. The molecule has 1 aliphatic heterocycles. The third-order valence-corrected chi connectivity index (χ3v) is 8.39. The fourth-order valence-electron chi connectivity index (χ4n) is 3.04. The van der Waals surface area contributed by atoms with Crippen molar-refractivity contribution in [3.05, 3.63) is 6.33 Å². The van der Waals surface area contributed by atoms with Gasteiger partial charge < -0.3 is 45.0 Å². The molecule has 0 saturated carbocycles. The highest BCUT2D eigenvalue weighted by Crippen LogP contribution is 2.66. The lowest BCUT2D eigenvalue weighted by Gasteiger charge is -2.19. The van der Waals surface area contributed by atoms with Crippen molar-refractivity contribution < 1.29 is 66.1 Å². The third kappa shape index (κ3) is 7.26. The number of anilines is 1. The summed E-state index contributed by atoms with van der Waals surface area (Å²) in [6, 6.07) is -0.0626. The van der Waals surface area contributed by atoms with Gasteiger partial charge in [-0.3, -0.25) is 9.09 Å².